The Morgan fingerprint density at radius 2 is 2.16 bits per heavy atom. The molecule has 0 fully saturated rings. The Bertz CT molecular complexity index is 556. The molecule has 0 saturated heterocycles. The van der Waals surface area contributed by atoms with E-state index in [1.807, 2.05) is 12.1 Å². The smallest absolute Gasteiger partial charge is 0.748 e. The molecule has 19 heavy (non-hydrogen) atoms. The summed E-state index contributed by atoms with van der Waals surface area (Å²) in [5.41, 5.74) is -0.723. The molecular weight excluding hydrogens is 295 g/mol. The summed E-state index contributed by atoms with van der Waals surface area (Å²) in [7, 11) is -4.25. The second kappa shape index (κ2) is 8.30. The minimum absolute atomic E-state index is 0. The molecule has 0 aromatic heterocycles. The van der Waals surface area contributed by atoms with Crippen molar-refractivity contribution in [3.63, 3.8) is 0 Å². The van der Waals surface area contributed by atoms with E-state index < -0.39 is 21.5 Å². The minimum Gasteiger partial charge on any atom is -0.748 e. The van der Waals surface area contributed by atoms with Crippen LogP contribution in [-0.2, 0) is 14.9 Å². The van der Waals surface area contributed by atoms with Crippen molar-refractivity contribution >= 4 is 10.1 Å². The van der Waals surface area contributed by atoms with Crippen LogP contribution in [0.15, 0.2) is 23.8 Å². The quantitative estimate of drug-likeness (QED) is 0.318. The molecule has 1 aliphatic carbocycles. The summed E-state index contributed by atoms with van der Waals surface area (Å²) < 4.78 is 36.4. The number of hydrogen-bond donors (Lipinski definition) is 0. The summed E-state index contributed by atoms with van der Waals surface area (Å²) in [6, 6.07) is 3.91. The molecule has 6 nitrogen and oxygen atoms in total. The van der Waals surface area contributed by atoms with Crippen LogP contribution in [0, 0.1) is 22.7 Å². The first-order valence-electron chi connectivity index (χ1n) is 5.19. The molecule has 96 valence electrons. The third kappa shape index (κ3) is 6.79. The normalized spacial score (nSPS) is 21.7. The Morgan fingerprint density at radius 3 is 2.58 bits per heavy atom. The van der Waals surface area contributed by atoms with Crippen LogP contribution in [0.25, 0.3) is 0 Å². The van der Waals surface area contributed by atoms with E-state index in [9.17, 15) is 13.0 Å². The van der Waals surface area contributed by atoms with E-state index in [0.717, 1.165) is 0 Å². The number of nitriles is 2. The van der Waals surface area contributed by atoms with E-state index in [0.29, 0.717) is 5.57 Å². The van der Waals surface area contributed by atoms with Gasteiger partial charge in [-0.05, 0) is 18.6 Å². The largest absolute Gasteiger partial charge is 1.00 e. The summed E-state index contributed by atoms with van der Waals surface area (Å²) in [5, 5.41) is 17.7. The van der Waals surface area contributed by atoms with Crippen molar-refractivity contribution in [1.29, 1.82) is 10.5 Å². The SMILES string of the molecule is N#CC1=CCC(C#N)(OCCCS(=O)(=O)[O-])C=C1.[K+]. The molecule has 0 aliphatic heterocycles. The Balaban J connectivity index is 0.00000324. The van der Waals surface area contributed by atoms with Gasteiger partial charge in [0, 0.05) is 17.7 Å². The summed E-state index contributed by atoms with van der Waals surface area (Å²) >= 11 is 0. The molecule has 1 atom stereocenters. The molecule has 0 amide bonds. The predicted molar refractivity (Wildman–Crippen MR) is 60.9 cm³/mol. The Kier molecular flexibility index (Phi) is 8.28. The topological polar surface area (TPSA) is 114 Å². The molecule has 1 unspecified atom stereocenters. The second-order valence-corrected chi connectivity index (χ2v) is 5.30. The molecule has 1 aliphatic rings. The number of ether oxygens (including phenoxy) is 1. The van der Waals surface area contributed by atoms with E-state index in [1.54, 1.807) is 6.08 Å². The van der Waals surface area contributed by atoms with Crippen LogP contribution in [-0.4, -0.2) is 30.9 Å². The molecule has 1 rings (SSSR count). The van der Waals surface area contributed by atoms with Gasteiger partial charge in [-0.15, -0.1) is 0 Å². The fraction of sp³-hybridized carbons (Fsp3) is 0.455. The zero-order valence-corrected chi connectivity index (χ0v) is 14.4. The fourth-order valence-electron chi connectivity index (χ4n) is 1.42. The maximum atomic E-state index is 10.4. The molecule has 0 N–H and O–H groups in total. The molecule has 0 heterocycles. The number of hydrogen-bond acceptors (Lipinski definition) is 6. The molecule has 8 heteroatoms. The van der Waals surface area contributed by atoms with Gasteiger partial charge in [0.15, 0.2) is 5.60 Å². The molecular formula is C11H11KN2O4S. The van der Waals surface area contributed by atoms with Crippen molar-refractivity contribution < 1.29 is 69.1 Å². The number of allylic oxidation sites excluding steroid dienone is 2. The van der Waals surface area contributed by atoms with Crippen LogP contribution in [0.2, 0.25) is 0 Å². The first-order chi connectivity index (χ1) is 8.41. The molecule has 0 saturated carbocycles. The number of rotatable bonds is 5. The summed E-state index contributed by atoms with van der Waals surface area (Å²) in [4.78, 5) is 0. The third-order valence-corrected chi connectivity index (χ3v) is 3.16. The van der Waals surface area contributed by atoms with E-state index in [2.05, 4.69) is 0 Å². The van der Waals surface area contributed by atoms with Crippen LogP contribution in [0.5, 0.6) is 0 Å². The summed E-state index contributed by atoms with van der Waals surface area (Å²) in [5.74, 6) is -0.516. The van der Waals surface area contributed by atoms with Crippen LogP contribution in [0.4, 0.5) is 0 Å². The summed E-state index contributed by atoms with van der Waals surface area (Å²) in [6.07, 6.45) is 4.80. The second-order valence-electron chi connectivity index (χ2n) is 3.77. The molecule has 0 aromatic rings. The van der Waals surface area contributed by atoms with Crippen LogP contribution in [0.1, 0.15) is 12.8 Å². The van der Waals surface area contributed by atoms with Crippen LogP contribution >= 0.6 is 0 Å². The molecule has 0 bridgehead atoms. The first kappa shape index (κ1) is 19.0. The monoisotopic (exact) mass is 306 g/mol. The average molecular weight is 306 g/mol. The van der Waals surface area contributed by atoms with E-state index >= 15 is 0 Å². The van der Waals surface area contributed by atoms with Gasteiger partial charge in [-0.1, -0.05) is 6.08 Å². The van der Waals surface area contributed by atoms with Crippen LogP contribution < -0.4 is 51.4 Å². The van der Waals surface area contributed by atoms with Gasteiger partial charge in [0.05, 0.1) is 22.8 Å². The standard InChI is InChI=1S/C11H12N2O4S.K/c12-8-10-2-4-11(9-13,5-3-10)17-6-1-7-18(14,15)16;/h2-4H,1,5-7H2,(H,14,15,16);/q;+1/p-1. The molecule has 0 aromatic carbocycles. The maximum Gasteiger partial charge on any atom is 1.00 e. The van der Waals surface area contributed by atoms with Gasteiger partial charge in [0.25, 0.3) is 0 Å². The first-order valence-corrected chi connectivity index (χ1v) is 6.77. The molecule has 0 radical (unpaired) electrons. The Hall–Kier alpha value is -0.0336. The zero-order valence-electron chi connectivity index (χ0n) is 10.5. The average Bonchev–Trinajstić information content (AvgIpc) is 2.34. The van der Waals surface area contributed by atoms with Crippen molar-refractivity contribution in [1.82, 2.24) is 0 Å². The van der Waals surface area contributed by atoms with Crippen molar-refractivity contribution in [2.24, 2.45) is 0 Å². The van der Waals surface area contributed by atoms with Gasteiger partial charge >= 0.3 is 51.4 Å². The van der Waals surface area contributed by atoms with Crippen molar-refractivity contribution in [3.05, 3.63) is 23.8 Å². The third-order valence-electron chi connectivity index (χ3n) is 2.37. The van der Waals surface area contributed by atoms with Gasteiger partial charge < -0.3 is 9.29 Å². The van der Waals surface area contributed by atoms with Crippen molar-refractivity contribution in [2.75, 3.05) is 12.4 Å². The van der Waals surface area contributed by atoms with Gasteiger partial charge in [-0.25, -0.2) is 8.42 Å². The van der Waals surface area contributed by atoms with Gasteiger partial charge in [-0.3, -0.25) is 0 Å². The maximum absolute atomic E-state index is 10.4. The van der Waals surface area contributed by atoms with Gasteiger partial charge in [0.1, 0.15) is 6.07 Å². The van der Waals surface area contributed by atoms with Crippen molar-refractivity contribution in [2.45, 2.75) is 18.4 Å². The summed E-state index contributed by atoms with van der Waals surface area (Å²) in [6.45, 7) is -0.00486. The fourth-order valence-corrected chi connectivity index (χ4v) is 1.89. The van der Waals surface area contributed by atoms with Crippen molar-refractivity contribution in [3.8, 4) is 12.1 Å². The Labute approximate surface area is 154 Å². The van der Waals surface area contributed by atoms with E-state index in [1.165, 1.54) is 12.2 Å². The minimum atomic E-state index is -4.25. The van der Waals surface area contributed by atoms with Gasteiger partial charge in [-0.2, -0.15) is 10.5 Å². The van der Waals surface area contributed by atoms with E-state index in [-0.39, 0.29) is 70.8 Å². The zero-order chi connectivity index (χ0) is 13.6. The predicted octanol–water partition coefficient (Wildman–Crippen LogP) is -2.39. The van der Waals surface area contributed by atoms with Gasteiger partial charge in [0.2, 0.25) is 0 Å². The van der Waals surface area contributed by atoms with Crippen LogP contribution in [0.3, 0.4) is 0 Å². The van der Waals surface area contributed by atoms with E-state index in [4.69, 9.17) is 15.3 Å². The number of nitrogens with zero attached hydrogens (tertiary/aromatic N) is 2. The molecule has 0 spiro atoms. The Morgan fingerprint density at radius 1 is 1.47 bits per heavy atom.